The second kappa shape index (κ2) is 12.5. The second-order valence-corrected chi connectivity index (χ2v) is 8.00. The summed E-state index contributed by atoms with van der Waals surface area (Å²) in [4.78, 5) is 58.8. The molecular formula is C26H27N5O7. The van der Waals surface area contributed by atoms with Crippen molar-refractivity contribution in [3.63, 3.8) is 0 Å². The fourth-order valence-corrected chi connectivity index (χ4v) is 3.70. The lowest BCUT2D eigenvalue weighted by atomic mass is 10.2. The number of hydrogen-bond donors (Lipinski definition) is 0. The van der Waals surface area contributed by atoms with Gasteiger partial charge in [0.05, 0.1) is 23.5 Å². The van der Waals surface area contributed by atoms with Gasteiger partial charge in [-0.1, -0.05) is 30.9 Å². The topological polar surface area (TPSA) is 147 Å². The Hall–Kier alpha value is -4.71. The number of aryl methyl sites for hydroxylation is 1. The quantitative estimate of drug-likeness (QED) is 0.130. The van der Waals surface area contributed by atoms with Crippen LogP contribution in [0.4, 0.5) is 0 Å². The highest BCUT2D eigenvalue weighted by atomic mass is 16.6. The minimum atomic E-state index is -0.885. The number of ether oxygens (including phenoxy) is 2. The highest BCUT2D eigenvalue weighted by Crippen LogP contribution is 2.14. The number of nitro groups is 1. The lowest BCUT2D eigenvalue weighted by molar-refractivity contribution is -0.426. The molecule has 0 bridgehead atoms. The third-order valence-electron chi connectivity index (χ3n) is 5.45. The third-order valence-corrected chi connectivity index (χ3v) is 5.45. The molecule has 0 atom stereocenters. The minimum absolute atomic E-state index is 0.0281. The average Bonchev–Trinajstić information content (AvgIpc) is 2.88. The van der Waals surface area contributed by atoms with Gasteiger partial charge in [0.1, 0.15) is 23.3 Å². The van der Waals surface area contributed by atoms with Crippen LogP contribution in [0.25, 0.3) is 16.7 Å². The largest absolute Gasteiger partial charge is 0.462 e. The fourth-order valence-electron chi connectivity index (χ4n) is 3.70. The zero-order valence-electron chi connectivity index (χ0n) is 21.2. The summed E-state index contributed by atoms with van der Waals surface area (Å²) in [5.41, 5.74) is 0.125. The molecule has 0 saturated carbocycles. The van der Waals surface area contributed by atoms with Gasteiger partial charge in [-0.2, -0.15) is 4.99 Å². The SMILES string of the molecule is C=C/C=C/C=C(/CC(=O)N=c1c(C(=O)OCC)cc2c(=O)n3cccc(C)c3nc2n1CCOC)[N+](=O)[O-]. The number of carbonyl (C=O) groups is 2. The Labute approximate surface area is 217 Å². The van der Waals surface area contributed by atoms with Crippen LogP contribution in [-0.2, 0) is 20.8 Å². The number of allylic oxidation sites excluding steroid dienone is 4. The van der Waals surface area contributed by atoms with Crippen LogP contribution in [0.3, 0.4) is 0 Å². The molecule has 0 aliphatic heterocycles. The Morgan fingerprint density at radius 3 is 2.71 bits per heavy atom. The molecule has 38 heavy (non-hydrogen) atoms. The highest BCUT2D eigenvalue weighted by Gasteiger charge is 2.22. The van der Waals surface area contributed by atoms with E-state index in [9.17, 15) is 24.5 Å². The number of rotatable bonds is 10. The number of fused-ring (bicyclic) bond motifs is 2. The van der Waals surface area contributed by atoms with Crippen LogP contribution >= 0.6 is 0 Å². The van der Waals surface area contributed by atoms with E-state index in [1.165, 1.54) is 40.4 Å². The van der Waals surface area contributed by atoms with E-state index in [1.807, 2.05) is 0 Å². The van der Waals surface area contributed by atoms with Gasteiger partial charge in [0.15, 0.2) is 5.49 Å². The van der Waals surface area contributed by atoms with Crippen molar-refractivity contribution in [3.8, 4) is 0 Å². The summed E-state index contributed by atoms with van der Waals surface area (Å²) < 4.78 is 13.2. The first-order valence-electron chi connectivity index (χ1n) is 11.6. The van der Waals surface area contributed by atoms with Crippen molar-refractivity contribution >= 4 is 28.6 Å². The molecule has 12 nitrogen and oxygen atoms in total. The number of carbonyl (C=O) groups excluding carboxylic acids is 2. The van der Waals surface area contributed by atoms with Crippen LogP contribution in [0.2, 0.25) is 0 Å². The molecule has 0 aromatic carbocycles. The molecule has 12 heteroatoms. The second-order valence-electron chi connectivity index (χ2n) is 8.00. The monoisotopic (exact) mass is 521 g/mol. The number of nitrogens with zero attached hydrogens (tertiary/aromatic N) is 5. The maximum Gasteiger partial charge on any atom is 0.341 e. The van der Waals surface area contributed by atoms with Gasteiger partial charge in [0, 0.05) is 25.9 Å². The molecule has 3 aromatic heterocycles. The molecule has 1 amide bonds. The number of hydrogen-bond acceptors (Lipinski definition) is 8. The van der Waals surface area contributed by atoms with Crippen molar-refractivity contribution in [1.82, 2.24) is 14.0 Å². The van der Waals surface area contributed by atoms with E-state index >= 15 is 0 Å². The van der Waals surface area contributed by atoms with Crippen molar-refractivity contribution < 1.29 is 24.0 Å². The molecule has 0 radical (unpaired) electrons. The first kappa shape index (κ1) is 27.9. The zero-order valence-corrected chi connectivity index (χ0v) is 21.2. The predicted octanol–water partition coefficient (Wildman–Crippen LogP) is 2.50. The molecule has 3 aromatic rings. The molecule has 0 fully saturated rings. The third kappa shape index (κ3) is 5.98. The summed E-state index contributed by atoms with van der Waals surface area (Å²) in [6, 6.07) is 4.78. The lowest BCUT2D eigenvalue weighted by Gasteiger charge is -2.15. The summed E-state index contributed by atoms with van der Waals surface area (Å²) in [6.07, 6.45) is 6.37. The predicted molar refractivity (Wildman–Crippen MR) is 139 cm³/mol. The molecule has 0 unspecified atom stereocenters. The number of amides is 1. The maximum absolute atomic E-state index is 13.4. The molecule has 3 heterocycles. The summed E-state index contributed by atoms with van der Waals surface area (Å²) in [7, 11) is 1.46. The van der Waals surface area contributed by atoms with Gasteiger partial charge in [-0.05, 0) is 31.5 Å². The first-order chi connectivity index (χ1) is 18.2. The van der Waals surface area contributed by atoms with Crippen molar-refractivity contribution in [1.29, 1.82) is 0 Å². The van der Waals surface area contributed by atoms with E-state index in [1.54, 1.807) is 32.2 Å². The molecule has 198 valence electrons. The van der Waals surface area contributed by atoms with Crippen LogP contribution in [0.5, 0.6) is 0 Å². The molecule has 3 rings (SSSR count). The molecular weight excluding hydrogens is 494 g/mol. The van der Waals surface area contributed by atoms with Gasteiger partial charge in [0.2, 0.25) is 0 Å². The fraction of sp³-hybridized carbons (Fsp3) is 0.269. The van der Waals surface area contributed by atoms with E-state index in [4.69, 9.17) is 9.47 Å². The van der Waals surface area contributed by atoms with E-state index < -0.39 is 34.5 Å². The van der Waals surface area contributed by atoms with Crippen LogP contribution in [0.1, 0.15) is 29.3 Å². The molecule has 0 saturated heterocycles. The van der Waals surface area contributed by atoms with E-state index in [0.717, 1.165) is 11.6 Å². The summed E-state index contributed by atoms with van der Waals surface area (Å²) in [6.45, 7) is 7.12. The van der Waals surface area contributed by atoms with E-state index in [0.29, 0.717) is 5.65 Å². The smallest absolute Gasteiger partial charge is 0.341 e. The van der Waals surface area contributed by atoms with Crippen LogP contribution in [0.15, 0.2) is 70.8 Å². The van der Waals surface area contributed by atoms with Gasteiger partial charge >= 0.3 is 5.97 Å². The maximum atomic E-state index is 13.4. The Bertz CT molecular complexity index is 1610. The van der Waals surface area contributed by atoms with Crippen molar-refractivity contribution in [2.75, 3.05) is 20.3 Å². The standard InChI is InChI=1S/C26H27N5O7/c1-5-7-8-11-18(31(35)36)15-21(32)27-24-20(26(34)38-6-2)16-19-23(29(24)13-14-37-4)28-22-17(3)10-9-12-30(22)25(19)33/h5,7-12,16H,1,6,13-15H2,2-4H3/b8-7+,18-11-,27-24?. The van der Waals surface area contributed by atoms with Crippen LogP contribution in [-0.4, -0.2) is 51.1 Å². The van der Waals surface area contributed by atoms with Gasteiger partial charge in [-0.15, -0.1) is 0 Å². The number of methoxy groups -OCH3 is 1. The summed E-state index contributed by atoms with van der Waals surface area (Å²) in [5.74, 6) is -1.70. The van der Waals surface area contributed by atoms with Crippen molar-refractivity contribution in [3.05, 3.63) is 98.1 Å². The van der Waals surface area contributed by atoms with Crippen LogP contribution < -0.4 is 11.0 Å². The lowest BCUT2D eigenvalue weighted by Crippen LogP contribution is -2.33. The van der Waals surface area contributed by atoms with Gasteiger partial charge in [0.25, 0.3) is 17.2 Å². The zero-order chi connectivity index (χ0) is 27.8. The van der Waals surface area contributed by atoms with Crippen molar-refractivity contribution in [2.24, 2.45) is 4.99 Å². The Kier molecular flexibility index (Phi) is 9.17. The average molecular weight is 522 g/mol. The number of aromatic nitrogens is 3. The van der Waals surface area contributed by atoms with E-state index in [-0.39, 0.29) is 41.8 Å². The molecule has 0 spiro atoms. The number of esters is 1. The molecule has 0 aliphatic carbocycles. The summed E-state index contributed by atoms with van der Waals surface area (Å²) >= 11 is 0. The van der Waals surface area contributed by atoms with Crippen LogP contribution in [0, 0.1) is 17.0 Å². The molecule has 0 aliphatic rings. The highest BCUT2D eigenvalue weighted by molar-refractivity contribution is 5.94. The normalized spacial score (nSPS) is 12.4. The van der Waals surface area contributed by atoms with E-state index in [2.05, 4.69) is 16.6 Å². The Morgan fingerprint density at radius 1 is 1.29 bits per heavy atom. The summed E-state index contributed by atoms with van der Waals surface area (Å²) in [5, 5.41) is 11.6. The van der Waals surface area contributed by atoms with Gasteiger partial charge in [-0.3, -0.25) is 24.1 Å². The Morgan fingerprint density at radius 2 is 2.05 bits per heavy atom. The van der Waals surface area contributed by atoms with Gasteiger partial charge in [-0.25, -0.2) is 9.78 Å². The minimum Gasteiger partial charge on any atom is -0.462 e. The Balaban J connectivity index is 2.39. The molecule has 0 N–H and O–H groups in total. The number of pyridine rings is 2. The van der Waals surface area contributed by atoms with Gasteiger partial charge < -0.3 is 14.0 Å². The van der Waals surface area contributed by atoms with Crippen molar-refractivity contribution in [2.45, 2.75) is 26.8 Å². The first-order valence-corrected chi connectivity index (χ1v) is 11.6.